The SMILES string of the molecule is COC(=O)Oc1nc2ncc(C)cc2n1CC1CCCCC1. The predicted octanol–water partition coefficient (Wildman–Crippen LogP) is 3.47. The highest BCUT2D eigenvalue weighted by Crippen LogP contribution is 2.29. The zero-order chi connectivity index (χ0) is 15.5. The van der Waals surface area contributed by atoms with Gasteiger partial charge < -0.3 is 9.47 Å². The molecule has 0 saturated heterocycles. The van der Waals surface area contributed by atoms with E-state index in [0.717, 1.165) is 17.6 Å². The Hall–Kier alpha value is -2.11. The highest BCUT2D eigenvalue weighted by Gasteiger charge is 2.21. The first-order valence-corrected chi connectivity index (χ1v) is 7.76. The van der Waals surface area contributed by atoms with Crippen molar-refractivity contribution in [2.45, 2.75) is 45.6 Å². The van der Waals surface area contributed by atoms with Gasteiger partial charge >= 0.3 is 12.2 Å². The van der Waals surface area contributed by atoms with Crippen LogP contribution >= 0.6 is 0 Å². The molecule has 0 bridgehead atoms. The first-order valence-electron chi connectivity index (χ1n) is 7.76. The maximum absolute atomic E-state index is 11.5. The molecule has 6 nitrogen and oxygen atoms in total. The quantitative estimate of drug-likeness (QED) is 0.812. The summed E-state index contributed by atoms with van der Waals surface area (Å²) in [7, 11) is 1.29. The number of hydrogen-bond donors (Lipinski definition) is 0. The minimum Gasteiger partial charge on any atom is -0.437 e. The lowest BCUT2D eigenvalue weighted by molar-refractivity contribution is 0.115. The van der Waals surface area contributed by atoms with Crippen LogP contribution in [0.25, 0.3) is 11.2 Å². The molecule has 1 fully saturated rings. The van der Waals surface area contributed by atoms with Crippen LogP contribution in [0, 0.1) is 12.8 Å². The van der Waals surface area contributed by atoms with E-state index in [-0.39, 0.29) is 6.01 Å². The summed E-state index contributed by atoms with van der Waals surface area (Å²) in [6, 6.07) is 2.30. The zero-order valence-electron chi connectivity index (χ0n) is 13.0. The van der Waals surface area contributed by atoms with Gasteiger partial charge in [0.05, 0.1) is 12.6 Å². The minimum atomic E-state index is -0.753. The fourth-order valence-corrected chi connectivity index (χ4v) is 3.08. The van der Waals surface area contributed by atoms with Crippen LogP contribution in [-0.2, 0) is 11.3 Å². The van der Waals surface area contributed by atoms with Gasteiger partial charge in [-0.1, -0.05) is 19.3 Å². The summed E-state index contributed by atoms with van der Waals surface area (Å²) in [4.78, 5) is 20.1. The molecule has 3 rings (SSSR count). The average Bonchev–Trinajstić information content (AvgIpc) is 2.85. The third-order valence-corrected chi connectivity index (χ3v) is 4.21. The van der Waals surface area contributed by atoms with Crippen LogP contribution < -0.4 is 4.74 Å². The Morgan fingerprint density at radius 3 is 2.86 bits per heavy atom. The Balaban J connectivity index is 1.96. The van der Waals surface area contributed by atoms with Crippen molar-refractivity contribution < 1.29 is 14.3 Å². The van der Waals surface area contributed by atoms with Crippen molar-refractivity contribution in [2.24, 2.45) is 5.92 Å². The van der Waals surface area contributed by atoms with Crippen molar-refractivity contribution in [1.29, 1.82) is 0 Å². The number of methoxy groups -OCH3 is 1. The van der Waals surface area contributed by atoms with E-state index in [1.54, 1.807) is 6.20 Å². The normalized spacial score (nSPS) is 15.9. The molecule has 2 heterocycles. The molecule has 118 valence electrons. The molecule has 0 N–H and O–H groups in total. The van der Waals surface area contributed by atoms with E-state index in [9.17, 15) is 4.79 Å². The van der Waals surface area contributed by atoms with Crippen molar-refractivity contribution in [2.75, 3.05) is 7.11 Å². The van der Waals surface area contributed by atoms with Gasteiger partial charge in [-0.3, -0.25) is 4.57 Å². The number of nitrogens with zero attached hydrogens (tertiary/aromatic N) is 3. The molecule has 22 heavy (non-hydrogen) atoms. The lowest BCUT2D eigenvalue weighted by Gasteiger charge is -2.22. The lowest BCUT2D eigenvalue weighted by atomic mass is 9.89. The number of pyridine rings is 1. The third kappa shape index (κ3) is 3.05. The maximum Gasteiger partial charge on any atom is 0.516 e. The van der Waals surface area contributed by atoms with Crippen LogP contribution in [-0.4, -0.2) is 27.8 Å². The molecule has 0 atom stereocenters. The molecule has 1 saturated carbocycles. The van der Waals surface area contributed by atoms with Gasteiger partial charge in [0.25, 0.3) is 0 Å². The van der Waals surface area contributed by atoms with Gasteiger partial charge in [0.15, 0.2) is 5.65 Å². The maximum atomic E-state index is 11.5. The van der Waals surface area contributed by atoms with Crippen molar-refractivity contribution in [3.63, 3.8) is 0 Å². The van der Waals surface area contributed by atoms with Crippen LogP contribution in [0.15, 0.2) is 12.3 Å². The van der Waals surface area contributed by atoms with Crippen LogP contribution in [0.5, 0.6) is 6.01 Å². The van der Waals surface area contributed by atoms with Gasteiger partial charge in [0, 0.05) is 12.7 Å². The van der Waals surface area contributed by atoms with E-state index in [2.05, 4.69) is 14.7 Å². The molecule has 2 aromatic heterocycles. The number of hydrogen-bond acceptors (Lipinski definition) is 5. The number of carbonyl (C=O) groups is 1. The number of ether oxygens (including phenoxy) is 2. The highest BCUT2D eigenvalue weighted by molar-refractivity contribution is 5.74. The van der Waals surface area contributed by atoms with Gasteiger partial charge in [0.1, 0.15) is 0 Å². The van der Waals surface area contributed by atoms with Crippen molar-refractivity contribution >= 4 is 17.3 Å². The molecular weight excluding hydrogens is 282 g/mol. The average molecular weight is 303 g/mol. The zero-order valence-corrected chi connectivity index (χ0v) is 13.0. The van der Waals surface area contributed by atoms with Gasteiger partial charge in [-0.05, 0) is 37.3 Å². The molecule has 6 heteroatoms. The molecule has 0 aliphatic heterocycles. The molecule has 0 radical (unpaired) electrons. The molecule has 1 aliphatic rings. The minimum absolute atomic E-state index is 0.269. The van der Waals surface area contributed by atoms with Crippen molar-refractivity contribution in [3.8, 4) is 6.01 Å². The summed E-state index contributed by atoms with van der Waals surface area (Å²) >= 11 is 0. The second kappa shape index (κ2) is 6.34. The first-order chi connectivity index (χ1) is 10.7. The summed E-state index contributed by atoms with van der Waals surface area (Å²) < 4.78 is 11.8. The number of aromatic nitrogens is 3. The Labute approximate surface area is 129 Å². The van der Waals surface area contributed by atoms with E-state index in [0.29, 0.717) is 11.6 Å². The Bertz CT molecular complexity index is 675. The molecule has 2 aromatic rings. The fraction of sp³-hybridized carbons (Fsp3) is 0.562. The third-order valence-electron chi connectivity index (χ3n) is 4.21. The number of imidazole rings is 1. The summed E-state index contributed by atoms with van der Waals surface area (Å²) in [6.07, 6.45) is 7.27. The van der Waals surface area contributed by atoms with Gasteiger partial charge in [-0.15, -0.1) is 0 Å². The first kappa shape index (κ1) is 14.8. The summed E-state index contributed by atoms with van der Waals surface area (Å²) in [5.41, 5.74) is 2.56. The number of fused-ring (bicyclic) bond motifs is 1. The van der Waals surface area contributed by atoms with E-state index in [1.807, 2.05) is 17.6 Å². The molecular formula is C16H21N3O3. The fourth-order valence-electron chi connectivity index (χ4n) is 3.08. The van der Waals surface area contributed by atoms with Gasteiger partial charge in [0.2, 0.25) is 0 Å². The molecule has 1 aliphatic carbocycles. The number of carbonyl (C=O) groups excluding carboxylic acids is 1. The van der Waals surface area contributed by atoms with Crippen molar-refractivity contribution in [1.82, 2.24) is 14.5 Å². The highest BCUT2D eigenvalue weighted by atomic mass is 16.7. The summed E-state index contributed by atoms with van der Waals surface area (Å²) in [5, 5.41) is 0. The number of aryl methyl sites for hydroxylation is 1. The van der Waals surface area contributed by atoms with Gasteiger partial charge in [-0.25, -0.2) is 9.78 Å². The lowest BCUT2D eigenvalue weighted by Crippen LogP contribution is -2.17. The van der Waals surface area contributed by atoms with E-state index >= 15 is 0 Å². The largest absolute Gasteiger partial charge is 0.516 e. The van der Waals surface area contributed by atoms with Crippen LogP contribution in [0.1, 0.15) is 37.7 Å². The molecule has 0 amide bonds. The van der Waals surface area contributed by atoms with E-state index in [4.69, 9.17) is 4.74 Å². The molecule has 0 unspecified atom stereocenters. The summed E-state index contributed by atoms with van der Waals surface area (Å²) in [5.74, 6) is 0.589. The second-order valence-corrected chi connectivity index (χ2v) is 5.92. The van der Waals surface area contributed by atoms with E-state index < -0.39 is 6.16 Å². The molecule has 0 spiro atoms. The van der Waals surface area contributed by atoms with Gasteiger partial charge in [-0.2, -0.15) is 4.98 Å². The Morgan fingerprint density at radius 2 is 2.14 bits per heavy atom. The van der Waals surface area contributed by atoms with E-state index in [1.165, 1.54) is 39.2 Å². The van der Waals surface area contributed by atoms with Crippen LogP contribution in [0.2, 0.25) is 0 Å². The smallest absolute Gasteiger partial charge is 0.437 e. The monoisotopic (exact) mass is 303 g/mol. The standard InChI is InChI=1S/C16H21N3O3/c1-11-8-13-14(17-9-11)18-15(22-16(20)21-2)19(13)10-12-6-4-3-5-7-12/h8-9,12H,3-7,10H2,1-2H3. The predicted molar refractivity (Wildman–Crippen MR) is 81.9 cm³/mol. The Kier molecular flexibility index (Phi) is 4.27. The molecule has 0 aromatic carbocycles. The summed E-state index contributed by atoms with van der Waals surface area (Å²) in [6.45, 7) is 2.79. The number of rotatable bonds is 3. The van der Waals surface area contributed by atoms with Crippen LogP contribution in [0.4, 0.5) is 4.79 Å². The van der Waals surface area contributed by atoms with Crippen LogP contribution in [0.3, 0.4) is 0 Å². The topological polar surface area (TPSA) is 66.2 Å². The Morgan fingerprint density at radius 1 is 1.36 bits per heavy atom. The van der Waals surface area contributed by atoms with Crippen molar-refractivity contribution in [3.05, 3.63) is 17.8 Å². The second-order valence-electron chi connectivity index (χ2n) is 5.92.